The van der Waals surface area contributed by atoms with Crippen molar-refractivity contribution in [2.24, 2.45) is 0 Å². The SMILES string of the molecule is COc1cc(C2C(C(=O)c3cccs3)=C(O)C(=O)N2Cc2cccnc2)cc(OC)c1OC. The number of rotatable bonds is 8. The van der Waals surface area contributed by atoms with Crippen LogP contribution in [0.4, 0.5) is 0 Å². The molecule has 0 aliphatic carbocycles. The van der Waals surface area contributed by atoms with E-state index in [1.54, 1.807) is 48.1 Å². The minimum absolute atomic E-state index is 0.000568. The lowest BCUT2D eigenvalue weighted by molar-refractivity contribution is -0.130. The first-order valence-corrected chi connectivity index (χ1v) is 10.9. The van der Waals surface area contributed by atoms with E-state index in [4.69, 9.17) is 14.2 Å². The molecule has 1 aromatic carbocycles. The van der Waals surface area contributed by atoms with Crippen LogP contribution in [-0.4, -0.2) is 48.0 Å². The van der Waals surface area contributed by atoms with Crippen LogP contribution >= 0.6 is 11.3 Å². The van der Waals surface area contributed by atoms with Gasteiger partial charge in [-0.3, -0.25) is 14.6 Å². The molecule has 9 heteroatoms. The van der Waals surface area contributed by atoms with Crippen molar-refractivity contribution in [3.63, 3.8) is 0 Å². The van der Waals surface area contributed by atoms with Crippen molar-refractivity contribution in [1.82, 2.24) is 9.88 Å². The van der Waals surface area contributed by atoms with Crippen LogP contribution in [0, 0.1) is 0 Å². The fraction of sp³-hybridized carbons (Fsp3) is 0.208. The number of carbonyl (C=O) groups is 2. The average molecular weight is 467 g/mol. The second kappa shape index (κ2) is 9.33. The molecule has 2 aromatic heterocycles. The second-order valence-electron chi connectivity index (χ2n) is 7.22. The molecule has 4 rings (SSSR count). The number of hydrogen-bond acceptors (Lipinski definition) is 8. The summed E-state index contributed by atoms with van der Waals surface area (Å²) in [5, 5.41) is 12.6. The monoisotopic (exact) mass is 466 g/mol. The van der Waals surface area contributed by atoms with Crippen molar-refractivity contribution in [2.45, 2.75) is 12.6 Å². The largest absolute Gasteiger partial charge is 0.503 e. The Kier molecular flexibility index (Phi) is 6.32. The number of nitrogens with zero attached hydrogens (tertiary/aromatic N) is 2. The molecular formula is C24H22N2O6S. The summed E-state index contributed by atoms with van der Waals surface area (Å²) in [7, 11) is 4.46. The van der Waals surface area contributed by atoms with E-state index < -0.39 is 23.5 Å². The Morgan fingerprint density at radius 1 is 1.12 bits per heavy atom. The molecular weight excluding hydrogens is 444 g/mol. The number of ketones is 1. The number of aromatic nitrogens is 1. The maximum Gasteiger partial charge on any atom is 0.290 e. The third kappa shape index (κ3) is 4.03. The van der Waals surface area contributed by atoms with Gasteiger partial charge in [-0.05, 0) is 40.8 Å². The molecule has 170 valence electrons. The molecule has 0 saturated heterocycles. The van der Waals surface area contributed by atoms with E-state index >= 15 is 0 Å². The lowest BCUT2D eigenvalue weighted by Crippen LogP contribution is -2.30. The Morgan fingerprint density at radius 3 is 2.39 bits per heavy atom. The Labute approximate surface area is 194 Å². The number of methoxy groups -OCH3 is 3. The zero-order valence-electron chi connectivity index (χ0n) is 18.3. The van der Waals surface area contributed by atoms with Gasteiger partial charge < -0.3 is 24.2 Å². The number of amides is 1. The fourth-order valence-corrected chi connectivity index (χ4v) is 4.56. The number of aliphatic hydroxyl groups excluding tert-OH is 1. The lowest BCUT2D eigenvalue weighted by atomic mass is 9.94. The van der Waals surface area contributed by atoms with E-state index in [-0.39, 0.29) is 12.1 Å². The third-order valence-corrected chi connectivity index (χ3v) is 6.24. The van der Waals surface area contributed by atoms with Gasteiger partial charge in [0.05, 0.1) is 37.8 Å². The molecule has 1 N–H and O–H groups in total. The normalized spacial score (nSPS) is 15.7. The van der Waals surface area contributed by atoms with Crippen molar-refractivity contribution >= 4 is 23.0 Å². The van der Waals surface area contributed by atoms with E-state index in [9.17, 15) is 14.7 Å². The highest BCUT2D eigenvalue weighted by atomic mass is 32.1. The van der Waals surface area contributed by atoms with Crippen LogP contribution < -0.4 is 14.2 Å². The fourth-order valence-electron chi connectivity index (χ4n) is 3.88. The van der Waals surface area contributed by atoms with Gasteiger partial charge in [0.2, 0.25) is 11.5 Å². The molecule has 3 aromatic rings. The zero-order valence-corrected chi connectivity index (χ0v) is 19.1. The molecule has 1 unspecified atom stereocenters. The van der Waals surface area contributed by atoms with Gasteiger partial charge in [0, 0.05) is 18.9 Å². The predicted octanol–water partition coefficient (Wildman–Crippen LogP) is 3.95. The van der Waals surface area contributed by atoms with Crippen molar-refractivity contribution in [3.05, 3.63) is 81.5 Å². The lowest BCUT2D eigenvalue weighted by Gasteiger charge is -2.27. The minimum Gasteiger partial charge on any atom is -0.503 e. The van der Waals surface area contributed by atoms with Gasteiger partial charge in [-0.2, -0.15) is 0 Å². The number of hydrogen-bond donors (Lipinski definition) is 1. The van der Waals surface area contributed by atoms with E-state index in [0.29, 0.717) is 27.7 Å². The molecule has 33 heavy (non-hydrogen) atoms. The van der Waals surface area contributed by atoms with Gasteiger partial charge in [-0.1, -0.05) is 12.1 Å². The van der Waals surface area contributed by atoms with Gasteiger partial charge in [-0.25, -0.2) is 0 Å². The Bertz CT molecular complexity index is 1180. The van der Waals surface area contributed by atoms with Crippen LogP contribution in [0.1, 0.15) is 26.8 Å². The van der Waals surface area contributed by atoms with Gasteiger partial charge in [0.25, 0.3) is 5.91 Å². The summed E-state index contributed by atoms with van der Waals surface area (Å²) in [6.45, 7) is 0.138. The Hall–Kier alpha value is -3.85. The number of aliphatic hydroxyl groups is 1. The number of benzene rings is 1. The minimum atomic E-state index is -0.874. The standard InChI is InChI=1S/C24H22N2O6S/c1-30-16-10-15(11-17(31-2)23(16)32-3)20-19(21(27)18-7-5-9-33-18)22(28)24(29)26(20)13-14-6-4-8-25-12-14/h4-12,20,28H,13H2,1-3H3. The summed E-state index contributed by atoms with van der Waals surface area (Å²) in [6.07, 6.45) is 3.27. The van der Waals surface area contributed by atoms with E-state index in [1.165, 1.54) is 37.6 Å². The van der Waals surface area contributed by atoms with Crippen LogP contribution in [0.2, 0.25) is 0 Å². The number of Topliss-reactive ketones (excluding diaryl/α,β-unsaturated/α-hetero) is 1. The Morgan fingerprint density at radius 2 is 1.85 bits per heavy atom. The van der Waals surface area contributed by atoms with Crippen LogP contribution in [0.5, 0.6) is 17.2 Å². The molecule has 1 atom stereocenters. The van der Waals surface area contributed by atoms with Crippen molar-refractivity contribution < 1.29 is 28.9 Å². The molecule has 1 aliphatic heterocycles. The molecule has 0 spiro atoms. The summed E-state index contributed by atoms with van der Waals surface area (Å²) in [4.78, 5) is 32.5. The molecule has 0 radical (unpaired) electrons. The van der Waals surface area contributed by atoms with Crippen molar-refractivity contribution in [1.29, 1.82) is 0 Å². The maximum absolute atomic E-state index is 13.4. The highest BCUT2D eigenvalue weighted by Crippen LogP contribution is 2.46. The third-order valence-electron chi connectivity index (χ3n) is 5.37. The summed E-state index contributed by atoms with van der Waals surface area (Å²) >= 11 is 1.24. The molecule has 0 saturated carbocycles. The molecule has 0 fully saturated rings. The molecule has 1 aliphatic rings. The zero-order chi connectivity index (χ0) is 23.5. The predicted molar refractivity (Wildman–Crippen MR) is 122 cm³/mol. The number of thiophene rings is 1. The highest BCUT2D eigenvalue weighted by Gasteiger charge is 2.44. The van der Waals surface area contributed by atoms with Crippen LogP contribution in [0.25, 0.3) is 0 Å². The first kappa shape index (κ1) is 22.3. The van der Waals surface area contributed by atoms with Crippen LogP contribution in [0.3, 0.4) is 0 Å². The number of carbonyl (C=O) groups excluding carboxylic acids is 2. The van der Waals surface area contributed by atoms with Crippen LogP contribution in [-0.2, 0) is 11.3 Å². The van der Waals surface area contributed by atoms with E-state index in [0.717, 1.165) is 5.56 Å². The summed E-state index contributed by atoms with van der Waals surface area (Å²) in [5.41, 5.74) is 1.28. The van der Waals surface area contributed by atoms with E-state index in [1.807, 2.05) is 6.07 Å². The summed E-state index contributed by atoms with van der Waals surface area (Å²) in [6, 6.07) is 9.46. The average Bonchev–Trinajstić information content (AvgIpc) is 3.47. The quantitative estimate of drug-likeness (QED) is 0.502. The van der Waals surface area contributed by atoms with Crippen LogP contribution in [0.15, 0.2) is 65.5 Å². The highest BCUT2D eigenvalue weighted by molar-refractivity contribution is 7.12. The first-order valence-electron chi connectivity index (χ1n) is 10.0. The van der Waals surface area contributed by atoms with Gasteiger partial charge in [-0.15, -0.1) is 11.3 Å². The van der Waals surface area contributed by atoms with Crippen molar-refractivity contribution in [2.75, 3.05) is 21.3 Å². The topological polar surface area (TPSA) is 98.2 Å². The van der Waals surface area contributed by atoms with E-state index in [2.05, 4.69) is 4.98 Å². The molecule has 1 amide bonds. The molecule has 3 heterocycles. The van der Waals surface area contributed by atoms with Gasteiger partial charge in [0.1, 0.15) is 0 Å². The Balaban J connectivity index is 1.88. The van der Waals surface area contributed by atoms with Gasteiger partial charge in [0.15, 0.2) is 17.3 Å². The number of pyridine rings is 1. The summed E-state index contributed by atoms with van der Waals surface area (Å²) in [5.74, 6) is -0.507. The smallest absolute Gasteiger partial charge is 0.290 e. The second-order valence-corrected chi connectivity index (χ2v) is 8.17. The maximum atomic E-state index is 13.4. The van der Waals surface area contributed by atoms with Crippen molar-refractivity contribution in [3.8, 4) is 17.2 Å². The molecule has 8 nitrogen and oxygen atoms in total. The molecule has 0 bridgehead atoms. The summed E-state index contributed by atoms with van der Waals surface area (Å²) < 4.78 is 16.4. The first-order chi connectivity index (χ1) is 16.0. The van der Waals surface area contributed by atoms with Gasteiger partial charge >= 0.3 is 0 Å². The number of ether oxygens (including phenoxy) is 3.